The maximum absolute atomic E-state index is 11.8. The molecule has 0 heterocycles. The molecule has 25 heavy (non-hydrogen) atoms. The molecule has 1 unspecified atom stereocenters. The van der Waals surface area contributed by atoms with Crippen molar-refractivity contribution >= 4 is 10.8 Å². The number of hydrogen-bond donors (Lipinski definition) is 1. The summed E-state index contributed by atoms with van der Waals surface area (Å²) >= 11 is 0. The van der Waals surface area contributed by atoms with E-state index in [-0.39, 0.29) is 5.92 Å². The van der Waals surface area contributed by atoms with Crippen LogP contribution in [0.1, 0.15) is 57.7 Å². The zero-order chi connectivity index (χ0) is 18.6. The topological polar surface area (TPSA) is 41.5 Å². The number of nitrogens with one attached hydrogen (secondary N) is 1. The first-order chi connectivity index (χ1) is 11.8. The third kappa shape index (κ3) is 4.09. The van der Waals surface area contributed by atoms with Crippen LogP contribution in [0.25, 0.3) is 10.8 Å². The molecular weight excluding hydrogens is 308 g/mol. The molecule has 0 aliphatic carbocycles. The van der Waals surface area contributed by atoms with Gasteiger partial charge >= 0.3 is 0 Å². The van der Waals surface area contributed by atoms with E-state index in [1.54, 1.807) is 0 Å². The van der Waals surface area contributed by atoms with Crippen molar-refractivity contribution in [1.29, 1.82) is 0 Å². The van der Waals surface area contributed by atoms with Gasteiger partial charge in [-0.15, -0.1) is 4.91 Å². The zero-order valence-corrected chi connectivity index (χ0v) is 16.5. The Morgan fingerprint density at radius 3 is 2.32 bits per heavy atom. The van der Waals surface area contributed by atoms with Crippen molar-refractivity contribution in [2.45, 2.75) is 60.0 Å². The lowest BCUT2D eigenvalue weighted by Gasteiger charge is -2.30. The fraction of sp³-hybridized carbons (Fsp3) is 0.545. The predicted molar refractivity (Wildman–Crippen MR) is 108 cm³/mol. The summed E-state index contributed by atoms with van der Waals surface area (Å²) in [6.45, 7) is 14.6. The second-order valence-electron chi connectivity index (χ2n) is 8.03. The molecule has 0 aliphatic rings. The van der Waals surface area contributed by atoms with E-state index < -0.39 is 5.54 Å². The van der Waals surface area contributed by atoms with Gasteiger partial charge in [-0.2, -0.15) is 0 Å². The van der Waals surface area contributed by atoms with Crippen LogP contribution in [-0.4, -0.2) is 6.54 Å². The highest BCUT2D eigenvalue weighted by molar-refractivity contribution is 5.90. The van der Waals surface area contributed by atoms with Gasteiger partial charge in [-0.25, -0.2) is 0 Å². The quantitative estimate of drug-likeness (QED) is 0.478. The number of nitrogens with zero attached hydrogens (tertiary/aromatic N) is 1. The Hall–Kier alpha value is -1.74. The van der Waals surface area contributed by atoms with Crippen molar-refractivity contribution in [3.8, 4) is 0 Å². The molecule has 3 heteroatoms. The molecule has 2 rings (SSSR count). The van der Waals surface area contributed by atoms with Crippen molar-refractivity contribution < 1.29 is 0 Å². The van der Waals surface area contributed by atoms with Gasteiger partial charge in [-0.1, -0.05) is 63.2 Å². The number of benzene rings is 2. The summed E-state index contributed by atoms with van der Waals surface area (Å²) < 4.78 is 0. The first-order valence-corrected chi connectivity index (χ1v) is 9.38. The van der Waals surface area contributed by atoms with Gasteiger partial charge in [0.2, 0.25) is 0 Å². The van der Waals surface area contributed by atoms with E-state index in [2.05, 4.69) is 69.4 Å². The minimum Gasteiger partial charge on any atom is -0.313 e. The number of hydrogen-bond acceptors (Lipinski definition) is 3. The molecule has 3 nitrogen and oxygen atoms in total. The minimum absolute atomic E-state index is 0.141. The van der Waals surface area contributed by atoms with Crippen LogP contribution in [0.5, 0.6) is 0 Å². The van der Waals surface area contributed by atoms with E-state index in [4.69, 9.17) is 0 Å². The van der Waals surface area contributed by atoms with Crippen LogP contribution < -0.4 is 5.32 Å². The van der Waals surface area contributed by atoms with E-state index in [1.807, 2.05) is 13.0 Å². The zero-order valence-electron chi connectivity index (χ0n) is 16.5. The first kappa shape index (κ1) is 19.6. The van der Waals surface area contributed by atoms with Gasteiger partial charge in [-0.3, -0.25) is 0 Å². The number of fused-ring (bicyclic) bond motifs is 1. The number of rotatable bonds is 8. The van der Waals surface area contributed by atoms with E-state index >= 15 is 0 Å². The van der Waals surface area contributed by atoms with Gasteiger partial charge in [0.25, 0.3) is 0 Å². The highest BCUT2D eigenvalue weighted by atomic mass is 16.3. The molecule has 2 aromatic rings. The molecule has 0 amide bonds. The summed E-state index contributed by atoms with van der Waals surface area (Å²) in [5.41, 5.74) is 2.79. The van der Waals surface area contributed by atoms with Crippen LogP contribution in [0.3, 0.4) is 0 Å². The van der Waals surface area contributed by atoms with Gasteiger partial charge < -0.3 is 5.32 Å². The van der Waals surface area contributed by atoms with Crippen molar-refractivity contribution in [2.24, 2.45) is 17.0 Å². The summed E-state index contributed by atoms with van der Waals surface area (Å²) in [6, 6.07) is 10.6. The van der Waals surface area contributed by atoms with Gasteiger partial charge in [0.15, 0.2) is 0 Å². The molecule has 2 aromatic carbocycles. The van der Waals surface area contributed by atoms with Crippen molar-refractivity contribution in [3.63, 3.8) is 0 Å². The molecule has 0 aliphatic heterocycles. The predicted octanol–water partition coefficient (Wildman–Crippen LogP) is 5.92. The molecule has 1 atom stereocenters. The Morgan fingerprint density at radius 1 is 1.12 bits per heavy atom. The largest absolute Gasteiger partial charge is 0.313 e. The molecule has 0 fully saturated rings. The average Bonchev–Trinajstić information content (AvgIpc) is 2.57. The van der Waals surface area contributed by atoms with Gasteiger partial charge in [0, 0.05) is 6.54 Å². The third-order valence-corrected chi connectivity index (χ3v) is 5.36. The average molecular weight is 341 g/mol. The van der Waals surface area contributed by atoms with Gasteiger partial charge in [0.1, 0.15) is 5.54 Å². The summed E-state index contributed by atoms with van der Waals surface area (Å²) in [4.78, 5) is 11.8. The molecule has 0 bridgehead atoms. The summed E-state index contributed by atoms with van der Waals surface area (Å²) in [5, 5.41) is 9.49. The minimum atomic E-state index is -0.715. The summed E-state index contributed by atoms with van der Waals surface area (Å²) in [5.74, 6) is 0.848. The van der Waals surface area contributed by atoms with Crippen LogP contribution in [0, 0.1) is 23.7 Å². The lowest BCUT2D eigenvalue weighted by molar-refractivity contribution is 0.352. The molecular formula is C22H32N2O. The second-order valence-corrected chi connectivity index (χ2v) is 8.03. The fourth-order valence-electron chi connectivity index (χ4n) is 3.48. The van der Waals surface area contributed by atoms with Crippen LogP contribution in [0.15, 0.2) is 35.5 Å². The SMILES string of the molecule is Cc1cc(CNCCC(C)C)c2ccccc2c1C(C)(N=O)C(C)C. The summed E-state index contributed by atoms with van der Waals surface area (Å²) in [7, 11) is 0. The maximum atomic E-state index is 11.8. The molecule has 136 valence electrons. The van der Waals surface area contributed by atoms with Crippen LogP contribution in [0.4, 0.5) is 0 Å². The highest BCUT2D eigenvalue weighted by Crippen LogP contribution is 2.40. The lowest BCUT2D eigenvalue weighted by Crippen LogP contribution is -2.27. The molecule has 0 aromatic heterocycles. The molecule has 1 N–H and O–H groups in total. The number of aryl methyl sites for hydroxylation is 1. The molecule has 0 saturated heterocycles. The Balaban J connectivity index is 2.49. The van der Waals surface area contributed by atoms with E-state index in [0.29, 0.717) is 5.92 Å². The van der Waals surface area contributed by atoms with Crippen molar-refractivity contribution in [3.05, 3.63) is 51.9 Å². The second kappa shape index (κ2) is 8.09. The third-order valence-electron chi connectivity index (χ3n) is 5.36. The Morgan fingerprint density at radius 2 is 1.76 bits per heavy atom. The van der Waals surface area contributed by atoms with E-state index in [1.165, 1.54) is 17.4 Å². The smallest absolute Gasteiger partial charge is 0.128 e. The normalized spacial score (nSPS) is 14.2. The standard InChI is InChI=1S/C22H32N2O/c1-15(2)11-12-23-14-18-13-17(5)21(22(6,24-25)16(3)4)20-10-8-7-9-19(18)20/h7-10,13,15-16,23H,11-12,14H2,1-6H3. The van der Waals surface area contributed by atoms with Crippen LogP contribution >= 0.6 is 0 Å². The lowest BCUT2D eigenvalue weighted by atomic mass is 9.77. The van der Waals surface area contributed by atoms with Crippen LogP contribution in [0.2, 0.25) is 0 Å². The van der Waals surface area contributed by atoms with E-state index in [9.17, 15) is 4.91 Å². The van der Waals surface area contributed by atoms with Gasteiger partial charge in [0.05, 0.1) is 0 Å². The van der Waals surface area contributed by atoms with Crippen molar-refractivity contribution in [2.75, 3.05) is 6.54 Å². The first-order valence-electron chi connectivity index (χ1n) is 9.38. The Kier molecular flexibility index (Phi) is 6.34. The maximum Gasteiger partial charge on any atom is 0.128 e. The van der Waals surface area contributed by atoms with Gasteiger partial charge in [-0.05, 0) is 66.1 Å². The van der Waals surface area contributed by atoms with Crippen LogP contribution in [-0.2, 0) is 12.1 Å². The Labute approximate surface area is 152 Å². The Bertz CT molecular complexity index is 736. The highest BCUT2D eigenvalue weighted by Gasteiger charge is 2.35. The molecule has 0 radical (unpaired) electrons. The monoisotopic (exact) mass is 340 g/mol. The molecule has 0 saturated carbocycles. The fourth-order valence-corrected chi connectivity index (χ4v) is 3.48. The van der Waals surface area contributed by atoms with Crippen molar-refractivity contribution in [1.82, 2.24) is 5.32 Å². The van der Waals surface area contributed by atoms with E-state index in [0.717, 1.165) is 29.6 Å². The molecule has 0 spiro atoms. The number of nitroso groups, excluding NO2 is 1. The summed E-state index contributed by atoms with van der Waals surface area (Å²) in [6.07, 6.45) is 1.18.